The van der Waals surface area contributed by atoms with Crippen molar-refractivity contribution in [3.63, 3.8) is 0 Å². The summed E-state index contributed by atoms with van der Waals surface area (Å²) in [5.41, 5.74) is 9.26. The highest BCUT2D eigenvalue weighted by atomic mass is 16.4. The van der Waals surface area contributed by atoms with Crippen LogP contribution in [0.3, 0.4) is 0 Å². The van der Waals surface area contributed by atoms with Gasteiger partial charge in [-0.1, -0.05) is 142 Å². The van der Waals surface area contributed by atoms with Crippen molar-refractivity contribution in [2.45, 2.75) is 171 Å². The summed E-state index contributed by atoms with van der Waals surface area (Å²) in [7, 11) is 0. The van der Waals surface area contributed by atoms with Crippen LogP contribution in [0.1, 0.15) is 165 Å². The lowest BCUT2D eigenvalue weighted by Gasteiger charge is -2.55. The van der Waals surface area contributed by atoms with Crippen LogP contribution in [0.4, 0.5) is 0 Å². The van der Waals surface area contributed by atoms with Crippen LogP contribution < -0.4 is 11.1 Å². The molecule has 6 nitrogen and oxygen atoms in total. The summed E-state index contributed by atoms with van der Waals surface area (Å²) in [6.45, 7) is 18.8. The molecule has 282 valence electrons. The van der Waals surface area contributed by atoms with E-state index in [0.717, 1.165) is 56.4 Å². The fourth-order valence-corrected chi connectivity index (χ4v) is 9.43. The van der Waals surface area contributed by atoms with Crippen LogP contribution in [-0.4, -0.2) is 34.8 Å². The van der Waals surface area contributed by atoms with Gasteiger partial charge < -0.3 is 21.3 Å². The van der Waals surface area contributed by atoms with E-state index in [1.54, 1.807) is 5.57 Å². The Morgan fingerprint density at radius 1 is 0.918 bits per heavy atom. The first-order chi connectivity index (χ1) is 23.2. The largest absolute Gasteiger partial charge is 0.481 e. The normalized spacial score (nSPS) is 29.9. The molecule has 4 aliphatic rings. The summed E-state index contributed by atoms with van der Waals surface area (Å²) in [4.78, 5) is 9.00. The average molecular weight is 684 g/mol. The molecule has 0 aromatic carbocycles. The van der Waals surface area contributed by atoms with E-state index in [9.17, 15) is 5.11 Å². The second-order valence-corrected chi connectivity index (χ2v) is 16.9. The molecule has 0 heterocycles. The molecule has 0 unspecified atom stereocenters. The minimum Gasteiger partial charge on any atom is -0.481 e. The van der Waals surface area contributed by atoms with Crippen LogP contribution in [0.2, 0.25) is 0 Å². The highest BCUT2D eigenvalue weighted by Gasteiger charge is 2.56. The summed E-state index contributed by atoms with van der Waals surface area (Å²) >= 11 is 0. The van der Waals surface area contributed by atoms with Crippen molar-refractivity contribution >= 4 is 11.9 Å². The van der Waals surface area contributed by atoms with Gasteiger partial charge in [0.1, 0.15) is 0 Å². The Morgan fingerprint density at radius 2 is 1.51 bits per heavy atom. The molecule has 4 rings (SSSR count). The van der Waals surface area contributed by atoms with Crippen LogP contribution in [-0.2, 0) is 4.79 Å². The lowest BCUT2D eigenvalue weighted by molar-refractivity contribution is -0.134. The maximum absolute atomic E-state index is 10.2. The Bertz CT molecular complexity index is 1090. The molecule has 0 spiro atoms. The maximum Gasteiger partial charge on any atom is 0.300 e. The molecule has 8 atom stereocenters. The van der Waals surface area contributed by atoms with Crippen molar-refractivity contribution in [2.24, 2.45) is 52.1 Å². The molecular weight excluding hydrogens is 606 g/mol. The first kappa shape index (κ1) is 43.1. The van der Waals surface area contributed by atoms with Gasteiger partial charge in [0, 0.05) is 13.5 Å². The van der Waals surface area contributed by atoms with Gasteiger partial charge in [-0.15, -0.1) is 0 Å². The Labute approximate surface area is 301 Å². The number of carboxylic acid groups (broad SMARTS) is 1. The van der Waals surface area contributed by atoms with Crippen molar-refractivity contribution in [3.8, 4) is 0 Å². The number of rotatable bonds is 15. The molecule has 4 aliphatic carbocycles. The van der Waals surface area contributed by atoms with Gasteiger partial charge in [0.2, 0.25) is 0 Å². The highest BCUT2D eigenvalue weighted by Crippen LogP contribution is 2.66. The van der Waals surface area contributed by atoms with E-state index >= 15 is 0 Å². The van der Waals surface area contributed by atoms with Gasteiger partial charge in [0.15, 0.2) is 5.96 Å². The fourth-order valence-electron chi connectivity index (χ4n) is 9.43. The number of hydrogen-bond donors (Lipinski definition) is 5. The smallest absolute Gasteiger partial charge is 0.300 e. The molecule has 0 aromatic heterocycles. The van der Waals surface area contributed by atoms with Gasteiger partial charge in [-0.3, -0.25) is 10.2 Å². The molecule has 0 radical (unpaired) electrons. The topological polar surface area (TPSA) is 119 Å². The number of aliphatic hydroxyl groups is 1. The van der Waals surface area contributed by atoms with Gasteiger partial charge in [0.25, 0.3) is 5.97 Å². The SMILES string of the molecule is CC(=O)O.CC(C)[C@@H](C)/C=C/[C@@H](C)[C@H]1CC[C@H]2C3=CC=C4C[C@@H](O)CC[C@]4(C)[C@H]3CC[C@]12C.CCCCCCCCCCCCNC(=N)N. The summed E-state index contributed by atoms with van der Waals surface area (Å²) in [6.07, 6.45) is 31.8. The number of unbranched alkanes of at least 4 members (excludes halogenated alkanes) is 9. The van der Waals surface area contributed by atoms with E-state index in [0.29, 0.717) is 22.7 Å². The number of aliphatic hydroxyl groups excluding tert-OH is 1. The number of fused-ring (bicyclic) bond motifs is 5. The predicted octanol–water partition coefficient (Wildman–Crippen LogP) is 10.8. The molecule has 0 aliphatic heterocycles. The quantitative estimate of drug-likeness (QED) is 0.0509. The summed E-state index contributed by atoms with van der Waals surface area (Å²) in [5, 5.41) is 27.4. The Hall–Kier alpha value is -2.08. The number of allylic oxidation sites excluding steroid dienone is 5. The second-order valence-electron chi connectivity index (χ2n) is 16.9. The minimum atomic E-state index is -0.833. The lowest BCUT2D eigenvalue weighted by atomic mass is 9.50. The van der Waals surface area contributed by atoms with Crippen molar-refractivity contribution in [2.75, 3.05) is 6.54 Å². The van der Waals surface area contributed by atoms with Gasteiger partial charge >= 0.3 is 0 Å². The fraction of sp³-hybridized carbons (Fsp3) is 0.814. The zero-order chi connectivity index (χ0) is 36.6. The van der Waals surface area contributed by atoms with E-state index in [1.165, 1.54) is 95.5 Å². The van der Waals surface area contributed by atoms with Crippen molar-refractivity contribution < 1.29 is 15.0 Å². The molecule has 6 N–H and O–H groups in total. The second kappa shape index (κ2) is 21.3. The van der Waals surface area contributed by atoms with Crippen LogP contribution >= 0.6 is 0 Å². The van der Waals surface area contributed by atoms with E-state index in [4.69, 9.17) is 21.0 Å². The number of hydrogen-bond acceptors (Lipinski definition) is 3. The Balaban J connectivity index is 0.000000354. The van der Waals surface area contributed by atoms with Gasteiger partial charge in [-0.2, -0.15) is 0 Å². The predicted molar refractivity (Wildman–Crippen MR) is 209 cm³/mol. The molecule has 0 bridgehead atoms. The zero-order valence-corrected chi connectivity index (χ0v) is 33.0. The van der Waals surface area contributed by atoms with Gasteiger partial charge in [0.05, 0.1) is 6.10 Å². The molecule has 0 amide bonds. The number of aliphatic carboxylic acids is 1. The summed E-state index contributed by atoms with van der Waals surface area (Å²) < 4.78 is 0. The van der Waals surface area contributed by atoms with Crippen LogP contribution in [0.25, 0.3) is 0 Å². The highest BCUT2D eigenvalue weighted by molar-refractivity contribution is 5.74. The third-order valence-electron chi connectivity index (χ3n) is 12.9. The Morgan fingerprint density at radius 3 is 2.08 bits per heavy atom. The third kappa shape index (κ3) is 13.2. The number of carboxylic acids is 1. The maximum atomic E-state index is 10.2. The van der Waals surface area contributed by atoms with Crippen LogP contribution in [0, 0.1) is 51.7 Å². The first-order valence-corrected chi connectivity index (χ1v) is 20.2. The molecular formula is C43H77N3O3. The van der Waals surface area contributed by atoms with E-state index in [2.05, 4.69) is 78.1 Å². The molecule has 0 saturated heterocycles. The standard InChI is InChI=1S/C28H44O.C13H29N3.C2H4O2/c1-18(2)19(3)7-8-20(4)24-11-12-25-23-10-9-21-17-22(29)13-15-27(21,5)26(23)14-16-28(24,25)6;1-2-3-4-5-6-7-8-9-10-11-12-16-13(14)15;1-2(3)4/h7-10,18-20,22,24-26,29H,11-17H2,1-6H3;2-12H2,1H3,(H4,14,15,16);1H3,(H,3,4)/b8-7+;;/t19-,20+,22-,24+,25-,26-,27-,28+;;/m0../s1. The van der Waals surface area contributed by atoms with E-state index in [-0.39, 0.29) is 12.1 Å². The van der Waals surface area contributed by atoms with Crippen molar-refractivity contribution in [1.29, 1.82) is 5.41 Å². The third-order valence-corrected chi connectivity index (χ3v) is 12.9. The zero-order valence-electron chi connectivity index (χ0n) is 33.0. The molecule has 3 saturated carbocycles. The molecule has 3 fully saturated rings. The van der Waals surface area contributed by atoms with Crippen molar-refractivity contribution in [3.05, 3.63) is 35.5 Å². The van der Waals surface area contributed by atoms with E-state index < -0.39 is 5.97 Å². The van der Waals surface area contributed by atoms with Gasteiger partial charge in [-0.25, -0.2) is 0 Å². The Kier molecular flexibility index (Phi) is 18.7. The number of guanidine groups is 1. The lowest BCUT2D eigenvalue weighted by Crippen LogP contribution is -2.46. The first-order valence-electron chi connectivity index (χ1n) is 20.2. The van der Waals surface area contributed by atoms with Crippen LogP contribution in [0.15, 0.2) is 35.5 Å². The average Bonchev–Trinajstić information content (AvgIpc) is 3.40. The minimum absolute atomic E-state index is 0.0934. The van der Waals surface area contributed by atoms with E-state index in [1.807, 2.05) is 0 Å². The number of nitrogens with two attached hydrogens (primary N) is 1. The van der Waals surface area contributed by atoms with Crippen LogP contribution in [0.5, 0.6) is 0 Å². The summed E-state index contributed by atoms with van der Waals surface area (Å²) in [5.74, 6) is 3.64. The molecule has 49 heavy (non-hydrogen) atoms. The van der Waals surface area contributed by atoms with Crippen molar-refractivity contribution in [1.82, 2.24) is 5.32 Å². The number of nitrogens with one attached hydrogen (secondary N) is 2. The van der Waals surface area contributed by atoms with Gasteiger partial charge in [-0.05, 0) is 97.7 Å². The molecule has 0 aromatic rings. The number of carbonyl (C=O) groups is 1. The molecule has 6 heteroatoms. The summed E-state index contributed by atoms with van der Waals surface area (Å²) in [6, 6.07) is 0. The monoisotopic (exact) mass is 684 g/mol.